The zero-order valence-electron chi connectivity index (χ0n) is 16.4. The first-order chi connectivity index (χ1) is 14.4. The van der Waals surface area contributed by atoms with Gasteiger partial charge in [-0.2, -0.15) is 0 Å². The molecule has 0 bridgehead atoms. The van der Waals surface area contributed by atoms with Crippen LogP contribution in [0.4, 0.5) is 10.1 Å². The smallest absolute Gasteiger partial charge is 0.338 e. The quantitative estimate of drug-likeness (QED) is 0.467. The second kappa shape index (κ2) is 9.60. The number of nitrogens with one attached hydrogen (secondary N) is 1. The van der Waals surface area contributed by atoms with E-state index in [1.165, 1.54) is 19.1 Å². The van der Waals surface area contributed by atoms with Gasteiger partial charge in [0.25, 0.3) is 0 Å². The number of Topliss-reactive ketones (excluding diaryl/α,β-unsaturated/α-hetero) is 1. The molecule has 0 aliphatic rings. The molecular weight excluding hydrogens is 385 g/mol. The van der Waals surface area contributed by atoms with Crippen LogP contribution in [0.5, 0.6) is 0 Å². The Morgan fingerprint density at radius 2 is 1.60 bits per heavy atom. The fraction of sp³-hybridized carbons (Fsp3) is 0.125. The van der Waals surface area contributed by atoms with Crippen LogP contribution in [0, 0.1) is 5.82 Å². The molecule has 1 amide bonds. The molecule has 1 N–H and O–H groups in total. The number of ether oxygens (including phenoxy) is 1. The number of carbonyl (C=O) groups excluding carboxylic acids is 3. The molecule has 0 unspecified atom stereocenters. The molecule has 0 fully saturated rings. The van der Waals surface area contributed by atoms with Gasteiger partial charge in [0.1, 0.15) is 5.82 Å². The largest absolute Gasteiger partial charge is 0.454 e. The number of amides is 1. The van der Waals surface area contributed by atoms with E-state index in [0.717, 1.165) is 17.2 Å². The van der Waals surface area contributed by atoms with Gasteiger partial charge in [0, 0.05) is 12.6 Å². The topological polar surface area (TPSA) is 72.5 Å². The Hall–Kier alpha value is -3.80. The molecule has 6 heteroatoms. The number of carbonyl (C=O) groups is 3. The van der Waals surface area contributed by atoms with E-state index in [9.17, 15) is 18.8 Å². The molecule has 0 atom stereocenters. The van der Waals surface area contributed by atoms with E-state index in [1.807, 2.05) is 42.5 Å². The van der Waals surface area contributed by atoms with E-state index >= 15 is 0 Å². The predicted molar refractivity (Wildman–Crippen MR) is 111 cm³/mol. The molecule has 5 nitrogen and oxygen atoms in total. The van der Waals surface area contributed by atoms with Gasteiger partial charge in [-0.05, 0) is 41.8 Å². The SMILES string of the molecule is CC(=O)Nc1ccc(C(=O)COC(=O)c2ccccc2Cc2ccccc2)c(F)c1. The Balaban J connectivity index is 1.67. The standard InChI is InChI=1S/C24H20FNO4/c1-16(27)26-19-11-12-21(22(25)14-19)23(28)15-30-24(29)20-10-6-5-9-18(20)13-17-7-3-2-4-8-17/h2-12,14H,13,15H2,1H3,(H,26,27). The molecule has 3 rings (SSSR count). The van der Waals surface area contributed by atoms with Gasteiger partial charge >= 0.3 is 5.97 Å². The van der Waals surface area contributed by atoms with Crippen molar-refractivity contribution in [2.24, 2.45) is 0 Å². The highest BCUT2D eigenvalue weighted by Gasteiger charge is 2.18. The van der Waals surface area contributed by atoms with Crippen molar-refractivity contribution in [2.75, 3.05) is 11.9 Å². The summed E-state index contributed by atoms with van der Waals surface area (Å²) in [6, 6.07) is 20.4. The summed E-state index contributed by atoms with van der Waals surface area (Å²) in [5.74, 6) is -2.47. The third kappa shape index (κ3) is 5.38. The number of esters is 1. The summed E-state index contributed by atoms with van der Waals surface area (Å²) < 4.78 is 19.3. The van der Waals surface area contributed by atoms with Gasteiger partial charge in [-0.15, -0.1) is 0 Å². The first-order valence-corrected chi connectivity index (χ1v) is 9.33. The highest BCUT2D eigenvalue weighted by atomic mass is 19.1. The summed E-state index contributed by atoms with van der Waals surface area (Å²) in [6.07, 6.45) is 0.541. The van der Waals surface area contributed by atoms with Crippen LogP contribution in [-0.4, -0.2) is 24.3 Å². The van der Waals surface area contributed by atoms with Crippen LogP contribution in [0.25, 0.3) is 0 Å². The van der Waals surface area contributed by atoms with Gasteiger partial charge in [0.2, 0.25) is 11.7 Å². The third-order valence-electron chi connectivity index (χ3n) is 4.40. The molecule has 0 spiro atoms. The van der Waals surface area contributed by atoms with Crippen molar-refractivity contribution in [1.82, 2.24) is 0 Å². The van der Waals surface area contributed by atoms with Crippen LogP contribution in [0.15, 0.2) is 72.8 Å². The van der Waals surface area contributed by atoms with Crippen molar-refractivity contribution >= 4 is 23.3 Å². The second-order valence-corrected chi connectivity index (χ2v) is 6.69. The van der Waals surface area contributed by atoms with Gasteiger partial charge in [-0.3, -0.25) is 9.59 Å². The number of halogens is 1. The monoisotopic (exact) mass is 405 g/mol. The van der Waals surface area contributed by atoms with Crippen molar-refractivity contribution in [2.45, 2.75) is 13.3 Å². The summed E-state index contributed by atoms with van der Waals surface area (Å²) in [6.45, 7) is 0.709. The van der Waals surface area contributed by atoms with E-state index in [0.29, 0.717) is 12.0 Å². The van der Waals surface area contributed by atoms with Crippen LogP contribution >= 0.6 is 0 Å². The number of hydrogen-bond donors (Lipinski definition) is 1. The lowest BCUT2D eigenvalue weighted by atomic mass is 10.00. The van der Waals surface area contributed by atoms with E-state index in [2.05, 4.69) is 5.32 Å². The van der Waals surface area contributed by atoms with E-state index in [1.54, 1.807) is 12.1 Å². The predicted octanol–water partition coefficient (Wildman–Crippen LogP) is 4.41. The van der Waals surface area contributed by atoms with Gasteiger partial charge in [0.15, 0.2) is 6.61 Å². The number of ketones is 1. The Morgan fingerprint density at radius 1 is 0.900 bits per heavy atom. The first-order valence-electron chi connectivity index (χ1n) is 9.33. The Kier molecular flexibility index (Phi) is 6.70. The summed E-state index contributed by atoms with van der Waals surface area (Å²) in [4.78, 5) is 35.9. The van der Waals surface area contributed by atoms with Crippen molar-refractivity contribution in [3.05, 3.63) is 101 Å². The van der Waals surface area contributed by atoms with Crippen molar-refractivity contribution in [1.29, 1.82) is 0 Å². The van der Waals surface area contributed by atoms with Crippen LogP contribution < -0.4 is 5.32 Å². The minimum atomic E-state index is -0.799. The second-order valence-electron chi connectivity index (χ2n) is 6.69. The zero-order chi connectivity index (χ0) is 21.5. The highest BCUT2D eigenvalue weighted by molar-refractivity contribution is 6.00. The summed E-state index contributed by atoms with van der Waals surface area (Å²) >= 11 is 0. The molecular formula is C24H20FNO4. The van der Waals surface area contributed by atoms with Gasteiger partial charge < -0.3 is 10.1 Å². The van der Waals surface area contributed by atoms with Crippen LogP contribution in [0.3, 0.4) is 0 Å². The van der Waals surface area contributed by atoms with Crippen molar-refractivity contribution < 1.29 is 23.5 Å². The van der Waals surface area contributed by atoms with E-state index in [-0.39, 0.29) is 17.2 Å². The Bertz CT molecular complexity index is 1080. The number of rotatable bonds is 7. The van der Waals surface area contributed by atoms with Gasteiger partial charge in [-0.1, -0.05) is 48.5 Å². The highest BCUT2D eigenvalue weighted by Crippen LogP contribution is 2.18. The molecule has 0 aromatic heterocycles. The normalized spacial score (nSPS) is 10.3. The maximum absolute atomic E-state index is 14.2. The molecule has 0 saturated carbocycles. The lowest BCUT2D eigenvalue weighted by Crippen LogP contribution is -2.17. The zero-order valence-corrected chi connectivity index (χ0v) is 16.4. The van der Waals surface area contributed by atoms with Crippen molar-refractivity contribution in [3.63, 3.8) is 0 Å². The maximum atomic E-state index is 14.2. The van der Waals surface area contributed by atoms with Crippen molar-refractivity contribution in [3.8, 4) is 0 Å². The maximum Gasteiger partial charge on any atom is 0.338 e. The fourth-order valence-corrected chi connectivity index (χ4v) is 3.00. The molecule has 30 heavy (non-hydrogen) atoms. The Morgan fingerprint density at radius 3 is 2.30 bits per heavy atom. The van der Waals surface area contributed by atoms with Crippen LogP contribution in [0.1, 0.15) is 38.8 Å². The molecule has 0 aliphatic heterocycles. The minimum absolute atomic E-state index is 0.213. The fourth-order valence-electron chi connectivity index (χ4n) is 3.00. The summed E-state index contributed by atoms with van der Waals surface area (Å²) in [5, 5.41) is 2.43. The minimum Gasteiger partial charge on any atom is -0.454 e. The number of hydrogen-bond acceptors (Lipinski definition) is 4. The van der Waals surface area contributed by atoms with E-state index in [4.69, 9.17) is 4.74 Å². The summed E-state index contributed by atoms with van der Waals surface area (Å²) in [5.41, 5.74) is 2.19. The average molecular weight is 405 g/mol. The lowest BCUT2D eigenvalue weighted by Gasteiger charge is -2.10. The average Bonchev–Trinajstić information content (AvgIpc) is 2.72. The molecule has 0 aliphatic carbocycles. The number of anilines is 1. The molecule has 0 radical (unpaired) electrons. The van der Waals surface area contributed by atoms with Gasteiger partial charge in [0.05, 0.1) is 11.1 Å². The number of benzene rings is 3. The molecule has 3 aromatic rings. The molecule has 3 aromatic carbocycles. The third-order valence-corrected chi connectivity index (χ3v) is 4.40. The van der Waals surface area contributed by atoms with E-state index < -0.39 is 24.2 Å². The molecule has 152 valence electrons. The molecule has 0 heterocycles. The molecule has 0 saturated heterocycles. The van der Waals surface area contributed by atoms with Crippen LogP contribution in [-0.2, 0) is 16.0 Å². The Labute approximate surface area is 173 Å². The first kappa shape index (κ1) is 20.9. The van der Waals surface area contributed by atoms with Gasteiger partial charge in [-0.25, -0.2) is 9.18 Å². The summed E-state index contributed by atoms with van der Waals surface area (Å²) in [7, 11) is 0. The van der Waals surface area contributed by atoms with Crippen LogP contribution in [0.2, 0.25) is 0 Å². The lowest BCUT2D eigenvalue weighted by molar-refractivity contribution is -0.114.